The van der Waals surface area contributed by atoms with Crippen LogP contribution in [0.15, 0.2) is 72.9 Å². The summed E-state index contributed by atoms with van der Waals surface area (Å²) in [7, 11) is 0. The van der Waals surface area contributed by atoms with E-state index in [0.29, 0.717) is 26.9 Å². The molecule has 0 saturated carbocycles. The van der Waals surface area contributed by atoms with Gasteiger partial charge in [0.05, 0.1) is 22.5 Å². The van der Waals surface area contributed by atoms with Gasteiger partial charge in [-0.15, -0.1) is 5.10 Å². The number of alkyl halides is 3. The Balaban J connectivity index is 1.73. The fraction of sp³-hybridized carbons (Fsp3) is 0.0800. The molecule has 0 bridgehead atoms. The minimum absolute atomic E-state index is 0.213. The maximum Gasteiger partial charge on any atom is 0.416 e. The van der Waals surface area contributed by atoms with Crippen LogP contribution in [-0.4, -0.2) is 30.2 Å². The molecule has 11 heteroatoms. The third-order valence-corrected chi connectivity index (χ3v) is 5.80. The number of benzene rings is 3. The lowest BCUT2D eigenvalue weighted by Crippen LogP contribution is -2.06. The van der Waals surface area contributed by atoms with Crippen LogP contribution < -0.4 is 0 Å². The average Bonchev–Trinajstić information content (AvgIpc) is 3.33. The zero-order chi connectivity index (χ0) is 25.4. The van der Waals surface area contributed by atoms with Crippen molar-refractivity contribution in [1.82, 2.24) is 30.2 Å². The highest BCUT2D eigenvalue weighted by molar-refractivity contribution is 6.35. The molecule has 0 unspecified atom stereocenters. The first-order chi connectivity index (χ1) is 17.2. The summed E-state index contributed by atoms with van der Waals surface area (Å²) in [5.74, 6) is 0.492. The van der Waals surface area contributed by atoms with E-state index >= 15 is 0 Å². The number of hydrogen-bond donors (Lipinski definition) is 0. The van der Waals surface area contributed by atoms with Crippen LogP contribution in [0.25, 0.3) is 39.7 Å². The summed E-state index contributed by atoms with van der Waals surface area (Å²) in [6, 6.07) is 17.2. The quantitative estimate of drug-likeness (QED) is 0.250. The third-order valence-electron chi connectivity index (χ3n) is 5.36. The number of tetrazole rings is 1. The van der Waals surface area contributed by atoms with Gasteiger partial charge in [-0.1, -0.05) is 53.0 Å². The zero-order valence-corrected chi connectivity index (χ0v) is 20.0. The topological polar surface area (TPSA) is 69.4 Å². The van der Waals surface area contributed by atoms with Gasteiger partial charge < -0.3 is 0 Å². The first-order valence-corrected chi connectivity index (χ1v) is 11.3. The van der Waals surface area contributed by atoms with E-state index in [1.165, 1.54) is 23.0 Å². The van der Waals surface area contributed by atoms with E-state index < -0.39 is 11.7 Å². The van der Waals surface area contributed by atoms with Gasteiger partial charge in [0, 0.05) is 27.4 Å². The van der Waals surface area contributed by atoms with E-state index in [-0.39, 0.29) is 22.9 Å². The lowest BCUT2D eigenvalue weighted by Gasteiger charge is -2.13. The number of aryl methyl sites for hydroxylation is 1. The Morgan fingerprint density at radius 3 is 2.28 bits per heavy atom. The maximum atomic E-state index is 13.5. The molecular formula is C25H15Cl2F3N6. The van der Waals surface area contributed by atoms with Crippen LogP contribution in [0.1, 0.15) is 11.1 Å². The average molecular weight is 527 g/mol. The van der Waals surface area contributed by atoms with Crippen molar-refractivity contribution >= 4 is 23.2 Å². The highest BCUT2D eigenvalue weighted by Crippen LogP contribution is 2.36. The van der Waals surface area contributed by atoms with Crippen molar-refractivity contribution < 1.29 is 13.2 Å². The standard InChI is InChI=1S/C25H15Cl2F3N6/c1-14-5-7-20(8-6-14)36-24(33-34-35-36)21-13-31-23(16-10-18(26)12-19(27)11-16)32-22(21)15-3-2-4-17(9-15)25(28,29)30/h2-13H,1H3. The zero-order valence-electron chi connectivity index (χ0n) is 18.5. The molecule has 2 aromatic heterocycles. The van der Waals surface area contributed by atoms with Gasteiger partial charge in [0.1, 0.15) is 0 Å². The van der Waals surface area contributed by atoms with Gasteiger partial charge in [-0.25, -0.2) is 9.97 Å². The molecule has 0 N–H and O–H groups in total. The summed E-state index contributed by atoms with van der Waals surface area (Å²) in [4.78, 5) is 9.05. The Kier molecular flexibility index (Phi) is 6.19. The molecule has 5 aromatic rings. The van der Waals surface area contributed by atoms with Crippen LogP contribution in [0.4, 0.5) is 13.2 Å². The Morgan fingerprint density at radius 2 is 1.58 bits per heavy atom. The number of halogens is 5. The van der Waals surface area contributed by atoms with Crippen molar-refractivity contribution in [3.8, 4) is 39.7 Å². The van der Waals surface area contributed by atoms with Crippen molar-refractivity contribution in [3.63, 3.8) is 0 Å². The second-order valence-corrected chi connectivity index (χ2v) is 8.82. The molecule has 3 aromatic carbocycles. The van der Waals surface area contributed by atoms with Gasteiger partial charge in [0.15, 0.2) is 11.6 Å². The van der Waals surface area contributed by atoms with Gasteiger partial charge in [0.25, 0.3) is 0 Å². The smallest absolute Gasteiger partial charge is 0.236 e. The first-order valence-electron chi connectivity index (χ1n) is 10.6. The second-order valence-electron chi connectivity index (χ2n) is 7.94. The highest BCUT2D eigenvalue weighted by atomic mass is 35.5. The summed E-state index contributed by atoms with van der Waals surface area (Å²) in [6.07, 6.45) is -3.06. The number of hydrogen-bond acceptors (Lipinski definition) is 5. The molecule has 0 spiro atoms. The SMILES string of the molecule is Cc1ccc(-n2nnnc2-c2cnc(-c3cc(Cl)cc(Cl)c3)nc2-c2cccc(C(F)(F)F)c2)cc1. The Bertz CT molecular complexity index is 1550. The molecule has 0 aliphatic carbocycles. The largest absolute Gasteiger partial charge is 0.416 e. The van der Waals surface area contributed by atoms with Crippen LogP contribution >= 0.6 is 23.2 Å². The molecular weight excluding hydrogens is 512 g/mol. The van der Waals surface area contributed by atoms with E-state index in [1.54, 1.807) is 18.2 Å². The molecule has 2 heterocycles. The van der Waals surface area contributed by atoms with Crippen LogP contribution in [-0.2, 0) is 6.18 Å². The molecule has 180 valence electrons. The van der Waals surface area contributed by atoms with Gasteiger partial charge >= 0.3 is 6.18 Å². The Labute approximate surface area is 213 Å². The van der Waals surface area contributed by atoms with Crippen molar-refractivity contribution in [3.05, 3.63) is 94.1 Å². The van der Waals surface area contributed by atoms with Crippen LogP contribution in [0.3, 0.4) is 0 Å². The Morgan fingerprint density at radius 1 is 0.861 bits per heavy atom. The van der Waals surface area contributed by atoms with E-state index in [0.717, 1.165) is 17.7 Å². The normalized spacial score (nSPS) is 11.6. The molecule has 0 aliphatic rings. The van der Waals surface area contributed by atoms with Crippen LogP contribution in [0.2, 0.25) is 10.0 Å². The lowest BCUT2D eigenvalue weighted by molar-refractivity contribution is -0.137. The molecule has 6 nitrogen and oxygen atoms in total. The van der Waals surface area contributed by atoms with Crippen LogP contribution in [0, 0.1) is 6.92 Å². The maximum absolute atomic E-state index is 13.5. The summed E-state index contributed by atoms with van der Waals surface area (Å²) < 4.78 is 42.0. The molecule has 5 rings (SSSR count). The lowest BCUT2D eigenvalue weighted by atomic mass is 10.0. The third kappa shape index (κ3) is 4.80. The fourth-order valence-corrected chi connectivity index (χ4v) is 4.17. The predicted octanol–water partition coefficient (Wildman–Crippen LogP) is 7.09. The predicted molar refractivity (Wildman–Crippen MR) is 131 cm³/mol. The van der Waals surface area contributed by atoms with Gasteiger partial charge in [-0.3, -0.25) is 0 Å². The summed E-state index contributed by atoms with van der Waals surface area (Å²) in [6.45, 7) is 1.95. The summed E-state index contributed by atoms with van der Waals surface area (Å²) >= 11 is 12.3. The van der Waals surface area contributed by atoms with E-state index in [1.807, 2.05) is 31.2 Å². The van der Waals surface area contributed by atoms with Crippen molar-refractivity contribution in [2.45, 2.75) is 13.1 Å². The monoisotopic (exact) mass is 526 g/mol. The molecule has 36 heavy (non-hydrogen) atoms. The minimum atomic E-state index is -4.53. The van der Waals surface area contributed by atoms with Crippen molar-refractivity contribution in [2.75, 3.05) is 0 Å². The second kappa shape index (κ2) is 9.33. The summed E-state index contributed by atoms with van der Waals surface area (Å²) in [5, 5.41) is 12.7. The van der Waals surface area contributed by atoms with Crippen molar-refractivity contribution in [1.29, 1.82) is 0 Å². The summed E-state index contributed by atoms with van der Waals surface area (Å²) in [5.41, 5.74) is 2.19. The molecule has 0 radical (unpaired) electrons. The number of aromatic nitrogens is 6. The minimum Gasteiger partial charge on any atom is -0.236 e. The van der Waals surface area contributed by atoms with Crippen molar-refractivity contribution in [2.24, 2.45) is 0 Å². The van der Waals surface area contributed by atoms with Crippen LogP contribution in [0.5, 0.6) is 0 Å². The Hall–Kier alpha value is -3.82. The van der Waals surface area contributed by atoms with E-state index in [4.69, 9.17) is 23.2 Å². The number of rotatable bonds is 4. The fourth-order valence-electron chi connectivity index (χ4n) is 3.65. The van der Waals surface area contributed by atoms with E-state index in [9.17, 15) is 13.2 Å². The van der Waals surface area contributed by atoms with Gasteiger partial charge in [-0.05, 0) is 59.8 Å². The molecule has 0 saturated heterocycles. The first kappa shape index (κ1) is 23.9. The molecule has 0 aliphatic heterocycles. The van der Waals surface area contributed by atoms with E-state index in [2.05, 4.69) is 25.5 Å². The molecule has 0 fully saturated rings. The highest BCUT2D eigenvalue weighted by Gasteiger charge is 2.31. The van der Waals surface area contributed by atoms with Gasteiger partial charge in [0.2, 0.25) is 0 Å². The molecule has 0 amide bonds. The molecule has 0 atom stereocenters. The van der Waals surface area contributed by atoms with Gasteiger partial charge in [-0.2, -0.15) is 17.9 Å². The number of nitrogens with zero attached hydrogens (tertiary/aromatic N) is 6.